The summed E-state index contributed by atoms with van der Waals surface area (Å²) in [6, 6.07) is 15.8. The van der Waals surface area contributed by atoms with Crippen molar-refractivity contribution in [3.8, 4) is 0 Å². The van der Waals surface area contributed by atoms with Crippen molar-refractivity contribution in [1.29, 1.82) is 0 Å². The van der Waals surface area contributed by atoms with Gasteiger partial charge in [-0.3, -0.25) is 4.79 Å². The van der Waals surface area contributed by atoms with Crippen LogP contribution in [-0.2, 0) is 16.8 Å². The molecule has 0 saturated heterocycles. The molecule has 0 radical (unpaired) electrons. The minimum atomic E-state index is -1.19. The quantitative estimate of drug-likeness (QED) is 0.685. The number of fused-ring (bicyclic) bond motifs is 6. The number of para-hydroxylation sites is 2. The van der Waals surface area contributed by atoms with Gasteiger partial charge in [0.15, 0.2) is 5.54 Å². The minimum Gasteiger partial charge on any atom is -0.355 e. The number of carbonyl (C=O) groups excluding carboxylic acids is 2. The highest BCUT2D eigenvalue weighted by atomic mass is 16.2. The van der Waals surface area contributed by atoms with E-state index >= 15 is 0 Å². The third kappa shape index (κ3) is 2.24. The van der Waals surface area contributed by atoms with Crippen molar-refractivity contribution >= 4 is 28.5 Å². The molecule has 3 aromatic rings. The fraction of sp³-hybridized carbons (Fsp3) is 0.333. The van der Waals surface area contributed by atoms with E-state index in [-0.39, 0.29) is 18.0 Å². The van der Waals surface area contributed by atoms with Gasteiger partial charge < -0.3 is 20.1 Å². The molecule has 0 unspecified atom stereocenters. The van der Waals surface area contributed by atoms with Crippen molar-refractivity contribution in [2.75, 3.05) is 18.0 Å². The first-order valence-corrected chi connectivity index (χ1v) is 10.6. The van der Waals surface area contributed by atoms with Crippen LogP contribution in [0.3, 0.4) is 0 Å². The van der Waals surface area contributed by atoms with E-state index in [1.807, 2.05) is 68.1 Å². The summed E-state index contributed by atoms with van der Waals surface area (Å²) in [5, 5.41) is 4.05. The molecule has 154 valence electrons. The zero-order valence-electron chi connectivity index (χ0n) is 17.5. The molecule has 2 aliphatic rings. The van der Waals surface area contributed by atoms with Gasteiger partial charge in [0.2, 0.25) is 0 Å². The Kier molecular flexibility index (Phi) is 4.13. The van der Waals surface area contributed by atoms with Gasteiger partial charge in [-0.15, -0.1) is 0 Å². The highest BCUT2D eigenvalue weighted by Crippen LogP contribution is 2.52. The number of nitrogens with zero attached hydrogens (tertiary/aromatic N) is 2. The number of hydrogen-bond acceptors (Lipinski definition) is 2. The van der Waals surface area contributed by atoms with Crippen LogP contribution in [-0.4, -0.2) is 41.0 Å². The number of nitrogens with one attached hydrogen (secondary N) is 2. The standard InChI is InChI=1S/C24H26N4O2/c1-4-25-23(30)27-14-13-17-16-9-5-7-11-19(16)26-21(17)24(27)18-10-6-8-12-20(18)28(15(2)3)22(24)29/h5-12,15,26H,4,13-14H2,1-3H3,(H,25,30)/t24-/m0/s1. The maximum Gasteiger partial charge on any atom is 0.318 e. The number of urea groups is 1. The SMILES string of the molecule is CCNC(=O)N1CCc2c([nH]c3ccccc23)[C@@]12C(=O)N(C(C)C)c1ccccc12. The molecule has 2 aromatic carbocycles. The summed E-state index contributed by atoms with van der Waals surface area (Å²) in [7, 11) is 0. The first-order chi connectivity index (χ1) is 14.5. The van der Waals surface area contributed by atoms with E-state index in [1.165, 1.54) is 0 Å². The molecular weight excluding hydrogens is 376 g/mol. The van der Waals surface area contributed by atoms with Crippen molar-refractivity contribution in [3.05, 3.63) is 65.4 Å². The van der Waals surface area contributed by atoms with Crippen molar-refractivity contribution < 1.29 is 9.59 Å². The average molecular weight is 402 g/mol. The number of amides is 3. The lowest BCUT2D eigenvalue weighted by Gasteiger charge is -2.43. The fourth-order valence-corrected chi connectivity index (χ4v) is 5.20. The highest BCUT2D eigenvalue weighted by Gasteiger charge is 2.61. The van der Waals surface area contributed by atoms with Crippen LogP contribution in [0.2, 0.25) is 0 Å². The molecular formula is C24H26N4O2. The van der Waals surface area contributed by atoms with Gasteiger partial charge in [0.05, 0.1) is 11.4 Å². The van der Waals surface area contributed by atoms with E-state index in [2.05, 4.69) is 16.4 Å². The van der Waals surface area contributed by atoms with Crippen molar-refractivity contribution in [3.63, 3.8) is 0 Å². The van der Waals surface area contributed by atoms with Crippen molar-refractivity contribution in [2.24, 2.45) is 0 Å². The summed E-state index contributed by atoms with van der Waals surface area (Å²) in [6.07, 6.45) is 0.704. The first kappa shape index (κ1) is 18.7. The molecule has 6 heteroatoms. The van der Waals surface area contributed by atoms with Gasteiger partial charge in [0.25, 0.3) is 5.91 Å². The summed E-state index contributed by atoms with van der Waals surface area (Å²) < 4.78 is 0. The fourth-order valence-electron chi connectivity index (χ4n) is 5.20. The second-order valence-corrected chi connectivity index (χ2v) is 8.26. The van der Waals surface area contributed by atoms with Crippen molar-refractivity contribution in [1.82, 2.24) is 15.2 Å². The van der Waals surface area contributed by atoms with Crippen molar-refractivity contribution in [2.45, 2.75) is 38.8 Å². The number of hydrogen-bond donors (Lipinski definition) is 2. The third-order valence-electron chi connectivity index (χ3n) is 6.34. The lowest BCUT2D eigenvalue weighted by molar-refractivity contribution is -0.127. The Morgan fingerprint density at radius 3 is 2.67 bits per heavy atom. The van der Waals surface area contributed by atoms with Gasteiger partial charge in [-0.2, -0.15) is 0 Å². The van der Waals surface area contributed by atoms with Gasteiger partial charge in [-0.05, 0) is 44.9 Å². The molecule has 0 saturated carbocycles. The second kappa shape index (κ2) is 6.62. The molecule has 0 fully saturated rings. The Bertz CT molecular complexity index is 1160. The number of carbonyl (C=O) groups is 2. The van der Waals surface area contributed by atoms with Gasteiger partial charge in [-0.1, -0.05) is 36.4 Å². The lowest BCUT2D eigenvalue weighted by Crippen LogP contribution is -2.61. The normalized spacial score (nSPS) is 20.2. The first-order valence-electron chi connectivity index (χ1n) is 10.6. The highest BCUT2D eigenvalue weighted by molar-refractivity contribution is 6.13. The molecule has 2 aliphatic heterocycles. The van der Waals surface area contributed by atoms with Crippen LogP contribution >= 0.6 is 0 Å². The van der Waals surface area contributed by atoms with Crippen LogP contribution in [0.5, 0.6) is 0 Å². The zero-order valence-corrected chi connectivity index (χ0v) is 17.5. The maximum atomic E-state index is 14.2. The average Bonchev–Trinajstić information content (AvgIpc) is 3.23. The number of benzene rings is 2. The van der Waals surface area contributed by atoms with Crippen LogP contribution in [0.25, 0.3) is 10.9 Å². The van der Waals surface area contributed by atoms with Gasteiger partial charge in [-0.25, -0.2) is 4.79 Å². The summed E-state index contributed by atoms with van der Waals surface area (Å²) in [4.78, 5) is 34.6. The molecule has 1 aromatic heterocycles. The number of H-pyrrole nitrogens is 1. The number of anilines is 1. The monoisotopic (exact) mass is 402 g/mol. The summed E-state index contributed by atoms with van der Waals surface area (Å²) in [5.74, 6) is -0.0718. The van der Waals surface area contributed by atoms with Crippen LogP contribution in [0.1, 0.15) is 37.6 Å². The predicted octanol–water partition coefficient (Wildman–Crippen LogP) is 3.75. The Labute approximate surface area is 175 Å². The van der Waals surface area contributed by atoms with E-state index in [0.717, 1.165) is 33.4 Å². The van der Waals surface area contributed by atoms with E-state index in [1.54, 1.807) is 4.90 Å². The third-order valence-corrected chi connectivity index (χ3v) is 6.34. The van der Waals surface area contributed by atoms with Gasteiger partial charge in [0.1, 0.15) is 0 Å². The molecule has 6 nitrogen and oxygen atoms in total. The minimum absolute atomic E-state index is 0.0242. The molecule has 0 aliphatic carbocycles. The zero-order chi connectivity index (χ0) is 21.0. The van der Waals surface area contributed by atoms with Gasteiger partial charge in [0, 0.05) is 35.6 Å². The van der Waals surface area contributed by atoms with Crippen LogP contribution in [0.4, 0.5) is 10.5 Å². The maximum absolute atomic E-state index is 14.2. The Morgan fingerprint density at radius 1 is 1.17 bits per heavy atom. The molecule has 0 bridgehead atoms. The van der Waals surface area contributed by atoms with E-state index in [9.17, 15) is 9.59 Å². The topological polar surface area (TPSA) is 68.4 Å². The van der Waals surface area contributed by atoms with Crippen LogP contribution in [0, 0.1) is 0 Å². The Balaban J connectivity index is 1.86. The van der Waals surface area contributed by atoms with Crippen LogP contribution in [0.15, 0.2) is 48.5 Å². The lowest BCUT2D eigenvalue weighted by atomic mass is 9.80. The molecule has 5 rings (SSSR count). The molecule has 2 N–H and O–H groups in total. The molecule has 1 atom stereocenters. The summed E-state index contributed by atoms with van der Waals surface area (Å²) in [5.41, 5.74) is 3.49. The molecule has 1 spiro atoms. The van der Waals surface area contributed by atoms with E-state index < -0.39 is 5.54 Å². The predicted molar refractivity (Wildman–Crippen MR) is 118 cm³/mol. The largest absolute Gasteiger partial charge is 0.355 e. The van der Waals surface area contributed by atoms with Gasteiger partial charge >= 0.3 is 6.03 Å². The smallest absolute Gasteiger partial charge is 0.318 e. The van der Waals surface area contributed by atoms with Crippen LogP contribution < -0.4 is 10.2 Å². The number of aromatic amines is 1. The Morgan fingerprint density at radius 2 is 1.90 bits per heavy atom. The molecule has 3 amide bonds. The number of aromatic nitrogens is 1. The van der Waals surface area contributed by atoms with E-state index in [4.69, 9.17) is 0 Å². The molecule has 3 heterocycles. The number of rotatable bonds is 2. The molecule has 30 heavy (non-hydrogen) atoms. The summed E-state index contributed by atoms with van der Waals surface area (Å²) in [6.45, 7) is 6.91. The van der Waals surface area contributed by atoms with E-state index in [0.29, 0.717) is 19.5 Å². The summed E-state index contributed by atoms with van der Waals surface area (Å²) >= 11 is 0. The second-order valence-electron chi connectivity index (χ2n) is 8.26. The Hall–Kier alpha value is -3.28.